The van der Waals surface area contributed by atoms with Crippen LogP contribution in [0.1, 0.15) is 29.8 Å². The zero-order valence-corrected chi connectivity index (χ0v) is 16.0. The number of hydrogen-bond acceptors (Lipinski definition) is 3. The number of halogens is 1. The minimum absolute atomic E-state index is 0. The molecule has 2 heterocycles. The Balaban J connectivity index is 0.00000225. The molecule has 0 radical (unpaired) electrons. The Labute approximate surface area is 155 Å². The lowest BCUT2D eigenvalue weighted by atomic mass is 10.1. The molecule has 2 aromatic rings. The number of nitrogens with one attached hydrogen (secondary N) is 1. The number of aryl methyl sites for hydroxylation is 1. The minimum Gasteiger partial charge on any atom is -0.338 e. The van der Waals surface area contributed by atoms with Gasteiger partial charge in [-0.2, -0.15) is 5.10 Å². The molecule has 1 N–H and O–H groups in total. The van der Waals surface area contributed by atoms with E-state index < -0.39 is 0 Å². The summed E-state index contributed by atoms with van der Waals surface area (Å²) in [5, 5.41) is 7.85. The van der Waals surface area contributed by atoms with E-state index in [1.54, 1.807) is 0 Å². The van der Waals surface area contributed by atoms with Gasteiger partial charge in [-0.25, -0.2) is 4.68 Å². The molecule has 1 atom stereocenters. The Morgan fingerprint density at radius 3 is 2.68 bits per heavy atom. The summed E-state index contributed by atoms with van der Waals surface area (Å²) in [5.74, 6) is 0.214. The highest BCUT2D eigenvalue weighted by Crippen LogP contribution is 2.22. The Kier molecular flexibility index (Phi) is 6.62. The van der Waals surface area contributed by atoms with Gasteiger partial charge >= 0.3 is 0 Å². The molecule has 3 rings (SSSR count). The Bertz CT molecular complexity index is 714. The van der Waals surface area contributed by atoms with Crippen LogP contribution in [-0.4, -0.2) is 46.8 Å². The van der Waals surface area contributed by atoms with Gasteiger partial charge in [0.05, 0.1) is 17.8 Å². The Hall–Kier alpha value is -1.85. The molecule has 1 aliphatic heterocycles. The highest BCUT2D eigenvalue weighted by Gasteiger charge is 2.29. The normalized spacial score (nSPS) is 16.8. The first-order valence-corrected chi connectivity index (χ1v) is 8.66. The molecule has 1 aromatic heterocycles. The number of amides is 1. The number of hydrogen-bond donors (Lipinski definition) is 1. The van der Waals surface area contributed by atoms with E-state index in [0.717, 1.165) is 48.6 Å². The molecule has 1 aliphatic rings. The third kappa shape index (κ3) is 4.05. The van der Waals surface area contributed by atoms with E-state index in [0.29, 0.717) is 12.5 Å². The van der Waals surface area contributed by atoms with Crippen molar-refractivity contribution < 1.29 is 4.79 Å². The van der Waals surface area contributed by atoms with Crippen LogP contribution < -0.4 is 5.32 Å². The summed E-state index contributed by atoms with van der Waals surface area (Å²) in [6.07, 6.45) is 2.62. The molecule has 0 saturated carbocycles. The fourth-order valence-electron chi connectivity index (χ4n) is 3.62. The van der Waals surface area contributed by atoms with Gasteiger partial charge in [0, 0.05) is 30.4 Å². The average molecular weight is 363 g/mol. The largest absolute Gasteiger partial charge is 0.338 e. The summed E-state index contributed by atoms with van der Waals surface area (Å²) in [4.78, 5) is 14.8. The first-order chi connectivity index (χ1) is 11.6. The monoisotopic (exact) mass is 362 g/mol. The van der Waals surface area contributed by atoms with Crippen LogP contribution in [0.2, 0.25) is 0 Å². The first-order valence-electron chi connectivity index (χ1n) is 8.66. The lowest BCUT2D eigenvalue weighted by molar-refractivity contribution is -0.131. The second-order valence-electron chi connectivity index (χ2n) is 6.51. The fraction of sp³-hybridized carbons (Fsp3) is 0.474. The highest BCUT2D eigenvalue weighted by atomic mass is 35.5. The van der Waals surface area contributed by atoms with Crippen molar-refractivity contribution >= 4 is 18.3 Å². The molecule has 1 amide bonds. The van der Waals surface area contributed by atoms with E-state index in [9.17, 15) is 4.79 Å². The summed E-state index contributed by atoms with van der Waals surface area (Å²) in [7, 11) is 1.94. The highest BCUT2D eigenvalue weighted by molar-refractivity contribution is 5.85. The van der Waals surface area contributed by atoms with E-state index in [-0.39, 0.29) is 18.3 Å². The van der Waals surface area contributed by atoms with Gasteiger partial charge in [-0.3, -0.25) is 4.79 Å². The number of para-hydroxylation sites is 1. The molecule has 1 unspecified atom stereocenters. The van der Waals surface area contributed by atoms with Gasteiger partial charge in [-0.15, -0.1) is 12.4 Å². The summed E-state index contributed by atoms with van der Waals surface area (Å²) in [6, 6.07) is 10.4. The molecule has 1 fully saturated rings. The third-order valence-corrected chi connectivity index (χ3v) is 4.91. The second-order valence-corrected chi connectivity index (χ2v) is 6.51. The van der Waals surface area contributed by atoms with Gasteiger partial charge in [-0.1, -0.05) is 18.2 Å². The van der Waals surface area contributed by atoms with Gasteiger partial charge in [0.25, 0.3) is 0 Å². The zero-order chi connectivity index (χ0) is 17.1. The van der Waals surface area contributed by atoms with Crippen molar-refractivity contribution in [3.63, 3.8) is 0 Å². The standard InChI is InChI=1S/C19H26N4O.ClH/c1-14-18(12-19(24)22-11-7-10-17(22)13-20-3)15(2)23(21-14)16-8-5-4-6-9-16;/h4-6,8-9,17,20H,7,10-13H2,1-3H3;1H. The quantitative estimate of drug-likeness (QED) is 0.889. The number of rotatable bonds is 5. The van der Waals surface area contributed by atoms with Crippen LogP contribution >= 0.6 is 12.4 Å². The molecule has 1 saturated heterocycles. The Morgan fingerprint density at radius 2 is 2.00 bits per heavy atom. The molecule has 0 spiro atoms. The molecular formula is C19H27ClN4O. The SMILES string of the molecule is CNCC1CCCN1C(=O)Cc1c(C)nn(-c2ccccc2)c1C.Cl. The van der Waals surface area contributed by atoms with E-state index in [1.165, 1.54) is 0 Å². The summed E-state index contributed by atoms with van der Waals surface area (Å²) < 4.78 is 1.94. The number of carbonyl (C=O) groups is 1. The van der Waals surface area contributed by atoms with Crippen molar-refractivity contribution in [2.24, 2.45) is 0 Å². The van der Waals surface area contributed by atoms with E-state index in [4.69, 9.17) is 0 Å². The van der Waals surface area contributed by atoms with Crippen molar-refractivity contribution in [3.05, 3.63) is 47.3 Å². The molecule has 136 valence electrons. The van der Waals surface area contributed by atoms with E-state index in [2.05, 4.69) is 10.4 Å². The molecule has 0 aliphatic carbocycles. The van der Waals surface area contributed by atoms with Gasteiger partial charge in [-0.05, 0) is 45.9 Å². The average Bonchev–Trinajstić information content (AvgIpc) is 3.16. The molecule has 5 nitrogen and oxygen atoms in total. The van der Waals surface area contributed by atoms with Crippen molar-refractivity contribution in [2.45, 2.75) is 39.2 Å². The van der Waals surface area contributed by atoms with Crippen molar-refractivity contribution in [3.8, 4) is 5.69 Å². The maximum atomic E-state index is 12.8. The summed E-state index contributed by atoms with van der Waals surface area (Å²) >= 11 is 0. The van der Waals surface area contributed by atoms with Crippen LogP contribution in [-0.2, 0) is 11.2 Å². The van der Waals surface area contributed by atoms with Crippen LogP contribution in [0.4, 0.5) is 0 Å². The lowest BCUT2D eigenvalue weighted by Crippen LogP contribution is -2.41. The predicted octanol–water partition coefficient (Wildman–Crippen LogP) is 2.66. The summed E-state index contributed by atoms with van der Waals surface area (Å²) in [5.41, 5.74) is 4.08. The number of benzene rings is 1. The number of likely N-dealkylation sites (tertiary alicyclic amines) is 1. The van der Waals surface area contributed by atoms with Crippen molar-refractivity contribution in [2.75, 3.05) is 20.1 Å². The van der Waals surface area contributed by atoms with Gasteiger partial charge in [0.15, 0.2) is 0 Å². The van der Waals surface area contributed by atoms with Crippen LogP contribution in [0.25, 0.3) is 5.69 Å². The maximum Gasteiger partial charge on any atom is 0.227 e. The molecule has 1 aromatic carbocycles. The second kappa shape index (κ2) is 8.50. The van der Waals surface area contributed by atoms with Crippen LogP contribution in [0.5, 0.6) is 0 Å². The number of likely N-dealkylation sites (N-methyl/N-ethyl adjacent to an activating group) is 1. The molecular weight excluding hydrogens is 336 g/mol. The topological polar surface area (TPSA) is 50.2 Å². The van der Waals surface area contributed by atoms with E-state index >= 15 is 0 Å². The maximum absolute atomic E-state index is 12.8. The van der Waals surface area contributed by atoms with Crippen LogP contribution in [0.3, 0.4) is 0 Å². The fourth-order valence-corrected chi connectivity index (χ4v) is 3.62. The van der Waals surface area contributed by atoms with Crippen molar-refractivity contribution in [1.29, 1.82) is 0 Å². The molecule has 0 bridgehead atoms. The Morgan fingerprint density at radius 1 is 1.28 bits per heavy atom. The molecule has 6 heteroatoms. The predicted molar refractivity (Wildman–Crippen MR) is 103 cm³/mol. The van der Waals surface area contributed by atoms with Crippen LogP contribution in [0, 0.1) is 13.8 Å². The van der Waals surface area contributed by atoms with Crippen LogP contribution in [0.15, 0.2) is 30.3 Å². The lowest BCUT2D eigenvalue weighted by Gasteiger charge is -2.24. The molecule has 25 heavy (non-hydrogen) atoms. The van der Waals surface area contributed by atoms with Gasteiger partial charge in [0.2, 0.25) is 5.91 Å². The van der Waals surface area contributed by atoms with Gasteiger partial charge < -0.3 is 10.2 Å². The number of carbonyl (C=O) groups excluding carboxylic acids is 1. The van der Waals surface area contributed by atoms with E-state index in [1.807, 2.05) is 60.8 Å². The number of nitrogens with zero attached hydrogens (tertiary/aromatic N) is 3. The van der Waals surface area contributed by atoms with Crippen molar-refractivity contribution in [1.82, 2.24) is 20.0 Å². The zero-order valence-electron chi connectivity index (χ0n) is 15.2. The summed E-state index contributed by atoms with van der Waals surface area (Å²) in [6.45, 7) is 5.78. The third-order valence-electron chi connectivity index (χ3n) is 4.91. The number of aromatic nitrogens is 2. The van der Waals surface area contributed by atoms with Gasteiger partial charge in [0.1, 0.15) is 0 Å². The first kappa shape index (κ1) is 19.5. The smallest absolute Gasteiger partial charge is 0.227 e. The minimum atomic E-state index is 0.